The molecule has 1 aromatic carbocycles. The number of carbonyl (C=O) groups is 2. The summed E-state index contributed by atoms with van der Waals surface area (Å²) in [7, 11) is 0. The third kappa shape index (κ3) is 8.08. The molecular weight excluding hydrogens is 324 g/mol. The second-order valence-electron chi connectivity index (χ2n) is 5.46. The van der Waals surface area contributed by atoms with Crippen LogP contribution < -0.4 is 10.1 Å². The second kappa shape index (κ2) is 11.8. The van der Waals surface area contributed by atoms with Crippen LogP contribution in [-0.2, 0) is 9.53 Å². The lowest BCUT2D eigenvalue weighted by molar-refractivity contribution is -0.125. The zero-order valence-electron chi connectivity index (χ0n) is 14.6. The lowest BCUT2D eigenvalue weighted by atomic mass is 10.1. The largest absolute Gasteiger partial charge is 0.488 e. The van der Waals surface area contributed by atoms with E-state index in [0.29, 0.717) is 17.9 Å². The molecule has 0 saturated carbocycles. The number of carbonyl (C=O) groups excluding carboxylic acids is 2. The number of ketones is 1. The van der Waals surface area contributed by atoms with E-state index in [-0.39, 0.29) is 12.5 Å². The maximum atomic E-state index is 11.8. The van der Waals surface area contributed by atoms with Crippen LogP contribution in [0.4, 0.5) is 4.79 Å². The smallest absolute Gasteiger partial charge is 0.408 e. The molecule has 0 aliphatic heterocycles. The molecule has 0 aromatic heterocycles. The van der Waals surface area contributed by atoms with Crippen molar-refractivity contribution in [3.05, 3.63) is 40.3 Å². The van der Waals surface area contributed by atoms with Crippen molar-refractivity contribution in [1.82, 2.24) is 5.32 Å². The Morgan fingerprint density at radius 2 is 1.96 bits per heavy atom. The summed E-state index contributed by atoms with van der Waals surface area (Å²) in [6, 6.07) is 6.49. The quantitative estimate of drug-likeness (QED) is 0.278. The first-order chi connectivity index (χ1) is 12.1. The van der Waals surface area contributed by atoms with E-state index in [9.17, 15) is 9.59 Å². The van der Waals surface area contributed by atoms with Gasteiger partial charge < -0.3 is 14.8 Å². The van der Waals surface area contributed by atoms with Gasteiger partial charge in [0.15, 0.2) is 18.6 Å². The van der Waals surface area contributed by atoms with Crippen molar-refractivity contribution >= 4 is 11.9 Å². The van der Waals surface area contributed by atoms with Crippen molar-refractivity contribution in [3.8, 4) is 5.75 Å². The number of hydrogen-bond acceptors (Lipinski definition) is 5. The van der Waals surface area contributed by atoms with Crippen molar-refractivity contribution in [1.29, 1.82) is 0 Å². The van der Waals surface area contributed by atoms with Crippen LogP contribution in [0.2, 0.25) is 0 Å². The number of amides is 1. The molecular formula is C17H24N4O4. The number of hydrogen-bond donors (Lipinski definition) is 1. The van der Waals surface area contributed by atoms with E-state index in [4.69, 9.17) is 15.0 Å². The Morgan fingerprint density at radius 3 is 2.56 bits per heavy atom. The zero-order valence-corrected chi connectivity index (χ0v) is 14.6. The first-order valence-electron chi connectivity index (χ1n) is 8.27. The average Bonchev–Trinajstić information content (AvgIpc) is 2.60. The Hall–Kier alpha value is -2.73. The minimum absolute atomic E-state index is 0.122. The standard InChI is InChI=1S/C17H24N4O4/c1-3-4-5-6-11-19-17(23)25-16(13(2)22)14-7-9-15(10-8-14)24-12-20-21-18/h7-10,16H,3-6,11-12H2,1-2H3,(H,19,23). The highest BCUT2D eigenvalue weighted by Crippen LogP contribution is 2.22. The molecule has 0 radical (unpaired) electrons. The van der Waals surface area contributed by atoms with Crippen LogP contribution in [0.25, 0.3) is 10.4 Å². The minimum Gasteiger partial charge on any atom is -0.488 e. The van der Waals surface area contributed by atoms with Gasteiger partial charge in [-0.2, -0.15) is 0 Å². The number of Topliss-reactive ketones (excluding diaryl/α,β-unsaturated/α-hetero) is 1. The average molecular weight is 348 g/mol. The molecule has 0 saturated heterocycles. The molecule has 0 aliphatic rings. The topological polar surface area (TPSA) is 113 Å². The Kier molecular flexibility index (Phi) is 9.55. The molecule has 1 aromatic rings. The van der Waals surface area contributed by atoms with Gasteiger partial charge in [0.05, 0.1) is 0 Å². The van der Waals surface area contributed by atoms with Crippen LogP contribution in [-0.4, -0.2) is 25.2 Å². The van der Waals surface area contributed by atoms with Crippen LogP contribution in [0, 0.1) is 0 Å². The third-order valence-corrected chi connectivity index (χ3v) is 3.43. The Morgan fingerprint density at radius 1 is 1.24 bits per heavy atom. The summed E-state index contributed by atoms with van der Waals surface area (Å²) in [4.78, 5) is 26.2. The predicted molar refractivity (Wildman–Crippen MR) is 93.1 cm³/mol. The highest BCUT2D eigenvalue weighted by Gasteiger charge is 2.21. The fraction of sp³-hybridized carbons (Fsp3) is 0.529. The van der Waals surface area contributed by atoms with E-state index in [1.165, 1.54) is 6.92 Å². The summed E-state index contributed by atoms with van der Waals surface area (Å²) in [5.41, 5.74) is 8.74. The molecule has 0 bridgehead atoms. The molecule has 25 heavy (non-hydrogen) atoms. The molecule has 0 aliphatic carbocycles. The molecule has 1 atom stereocenters. The number of ether oxygens (including phenoxy) is 2. The number of unbranched alkanes of at least 4 members (excludes halogenated alkanes) is 3. The summed E-state index contributed by atoms with van der Waals surface area (Å²) in [6.07, 6.45) is 2.59. The van der Waals surface area contributed by atoms with Gasteiger partial charge in [0.1, 0.15) is 5.75 Å². The predicted octanol–water partition coefficient (Wildman–Crippen LogP) is 4.27. The number of azide groups is 1. The van der Waals surface area contributed by atoms with E-state index in [1.54, 1.807) is 24.3 Å². The van der Waals surface area contributed by atoms with Gasteiger partial charge in [-0.1, -0.05) is 43.4 Å². The molecule has 136 valence electrons. The van der Waals surface area contributed by atoms with E-state index in [1.807, 2.05) is 0 Å². The first-order valence-corrected chi connectivity index (χ1v) is 8.27. The number of nitrogens with one attached hydrogen (secondary N) is 1. The van der Waals surface area contributed by atoms with Gasteiger partial charge in [0, 0.05) is 17.0 Å². The summed E-state index contributed by atoms with van der Waals surface area (Å²) < 4.78 is 10.4. The fourth-order valence-corrected chi connectivity index (χ4v) is 2.14. The van der Waals surface area contributed by atoms with Crippen molar-refractivity contribution in [2.45, 2.75) is 45.6 Å². The second-order valence-corrected chi connectivity index (χ2v) is 5.46. The van der Waals surface area contributed by atoms with Gasteiger partial charge in [0.25, 0.3) is 0 Å². The monoisotopic (exact) mass is 348 g/mol. The lowest BCUT2D eigenvalue weighted by Crippen LogP contribution is -2.29. The molecule has 0 fully saturated rings. The van der Waals surface area contributed by atoms with Gasteiger partial charge in [0.2, 0.25) is 0 Å². The fourth-order valence-electron chi connectivity index (χ4n) is 2.14. The molecule has 1 N–H and O–H groups in total. The van der Waals surface area contributed by atoms with Gasteiger partial charge in [-0.05, 0) is 31.0 Å². The van der Waals surface area contributed by atoms with Crippen LogP contribution in [0.5, 0.6) is 5.75 Å². The summed E-state index contributed by atoms with van der Waals surface area (Å²) in [5.74, 6) is 0.211. The molecule has 8 heteroatoms. The highest BCUT2D eigenvalue weighted by molar-refractivity contribution is 5.84. The van der Waals surface area contributed by atoms with E-state index in [0.717, 1.165) is 25.7 Å². The van der Waals surface area contributed by atoms with E-state index in [2.05, 4.69) is 22.3 Å². The maximum Gasteiger partial charge on any atom is 0.408 e. The summed E-state index contributed by atoms with van der Waals surface area (Å²) in [6.45, 7) is 3.88. The van der Waals surface area contributed by atoms with Gasteiger partial charge >= 0.3 is 6.09 Å². The van der Waals surface area contributed by atoms with Crippen molar-refractivity contribution in [2.24, 2.45) is 5.11 Å². The van der Waals surface area contributed by atoms with Crippen molar-refractivity contribution in [3.63, 3.8) is 0 Å². The Balaban J connectivity index is 2.56. The molecule has 1 unspecified atom stereocenters. The Bertz CT molecular complexity index is 597. The number of alkyl carbamates (subject to hydrolysis) is 1. The summed E-state index contributed by atoms with van der Waals surface area (Å²) >= 11 is 0. The normalized spacial score (nSPS) is 11.1. The number of rotatable bonds is 11. The van der Waals surface area contributed by atoms with Crippen LogP contribution in [0.3, 0.4) is 0 Å². The SMILES string of the molecule is CCCCCCNC(=O)OC(C(C)=O)c1ccc(OCN=[N+]=[N-])cc1. The Labute approximate surface area is 147 Å². The molecule has 1 amide bonds. The first kappa shape index (κ1) is 20.3. The third-order valence-electron chi connectivity index (χ3n) is 3.43. The van der Waals surface area contributed by atoms with Gasteiger partial charge in [-0.25, -0.2) is 4.79 Å². The molecule has 8 nitrogen and oxygen atoms in total. The van der Waals surface area contributed by atoms with E-state index >= 15 is 0 Å². The number of benzene rings is 1. The van der Waals surface area contributed by atoms with Gasteiger partial charge in [-0.15, -0.1) is 0 Å². The lowest BCUT2D eigenvalue weighted by Gasteiger charge is -2.16. The molecule has 1 rings (SSSR count). The molecule has 0 spiro atoms. The van der Waals surface area contributed by atoms with Crippen LogP contribution >= 0.6 is 0 Å². The van der Waals surface area contributed by atoms with E-state index < -0.39 is 12.2 Å². The highest BCUT2D eigenvalue weighted by atomic mass is 16.6. The van der Waals surface area contributed by atoms with Crippen molar-refractivity contribution in [2.75, 3.05) is 13.3 Å². The molecule has 0 heterocycles. The minimum atomic E-state index is -0.971. The zero-order chi connectivity index (χ0) is 18.5. The van der Waals surface area contributed by atoms with Crippen LogP contribution in [0.1, 0.15) is 51.2 Å². The maximum absolute atomic E-state index is 11.8. The van der Waals surface area contributed by atoms with Gasteiger partial charge in [-0.3, -0.25) is 4.79 Å². The van der Waals surface area contributed by atoms with Crippen LogP contribution in [0.15, 0.2) is 29.4 Å². The van der Waals surface area contributed by atoms with Crippen molar-refractivity contribution < 1.29 is 19.1 Å². The summed E-state index contributed by atoms with van der Waals surface area (Å²) in [5, 5.41) is 5.92. The number of nitrogens with zero attached hydrogens (tertiary/aromatic N) is 3.